The minimum Gasteiger partial charge on any atom is -0.315 e. The van der Waals surface area contributed by atoms with Crippen LogP contribution in [0.25, 0.3) is 0 Å². The monoisotopic (exact) mass is 317 g/mol. The Kier molecular flexibility index (Phi) is 4.86. The molecule has 1 aromatic heterocycles. The molecule has 0 saturated carbocycles. The average Bonchev–Trinajstić information content (AvgIpc) is 2.84. The Morgan fingerprint density at radius 1 is 1.35 bits per heavy atom. The smallest absolute Gasteiger partial charge is 0.244 e. The number of sulfonamides is 1. The van der Waals surface area contributed by atoms with Gasteiger partial charge in [0.2, 0.25) is 10.0 Å². The molecule has 1 N–H and O–H groups in total. The van der Waals surface area contributed by atoms with Gasteiger partial charge in [0.05, 0.1) is 4.90 Å². The lowest BCUT2D eigenvalue weighted by atomic mass is 10.1. The summed E-state index contributed by atoms with van der Waals surface area (Å²) in [5.74, 6) is 0. The van der Waals surface area contributed by atoms with Crippen LogP contribution >= 0.6 is 11.3 Å². The van der Waals surface area contributed by atoms with Crippen LogP contribution in [0.1, 0.15) is 18.7 Å². The van der Waals surface area contributed by atoms with Crippen molar-refractivity contribution in [3.05, 3.63) is 16.3 Å². The molecular weight excluding hydrogens is 294 g/mol. The number of nitrogens with one attached hydrogen (secondary N) is 1. The highest BCUT2D eigenvalue weighted by atomic mass is 32.2. The molecule has 1 fully saturated rings. The van der Waals surface area contributed by atoms with E-state index in [1.165, 1.54) is 11.3 Å². The molecule has 1 aliphatic rings. The highest BCUT2D eigenvalue weighted by molar-refractivity contribution is 7.89. The largest absolute Gasteiger partial charge is 0.315 e. The summed E-state index contributed by atoms with van der Waals surface area (Å²) in [6.07, 6.45) is 0. The molecule has 2 rings (SSSR count). The van der Waals surface area contributed by atoms with Crippen molar-refractivity contribution in [3.63, 3.8) is 0 Å². The van der Waals surface area contributed by atoms with Crippen molar-refractivity contribution >= 4 is 21.4 Å². The zero-order valence-electron chi connectivity index (χ0n) is 12.5. The standard InChI is InChI=1S/C13H23N3O2S2/c1-10-8-16(9-11(2)15(10)4)20(17,18)13-5-6-19-12(13)7-14-3/h5-6,10-11,14H,7-9H2,1-4H3. The molecule has 0 spiro atoms. The predicted octanol–water partition coefficient (Wildman–Crippen LogP) is 1.18. The zero-order valence-corrected chi connectivity index (χ0v) is 14.1. The molecular formula is C13H23N3O2S2. The van der Waals surface area contributed by atoms with Gasteiger partial charge in [-0.25, -0.2) is 8.42 Å². The van der Waals surface area contributed by atoms with E-state index in [2.05, 4.69) is 31.1 Å². The van der Waals surface area contributed by atoms with E-state index < -0.39 is 10.0 Å². The maximum atomic E-state index is 12.8. The van der Waals surface area contributed by atoms with E-state index in [1.807, 2.05) is 12.4 Å². The van der Waals surface area contributed by atoms with E-state index in [0.717, 1.165) is 4.88 Å². The first kappa shape index (κ1) is 15.9. The minimum absolute atomic E-state index is 0.236. The molecule has 7 heteroatoms. The van der Waals surface area contributed by atoms with Gasteiger partial charge in [-0.1, -0.05) is 0 Å². The highest BCUT2D eigenvalue weighted by Gasteiger charge is 2.35. The van der Waals surface area contributed by atoms with Crippen LogP contribution < -0.4 is 5.32 Å². The lowest BCUT2D eigenvalue weighted by molar-refractivity contribution is 0.105. The summed E-state index contributed by atoms with van der Waals surface area (Å²) in [7, 11) is 0.498. The van der Waals surface area contributed by atoms with E-state index in [-0.39, 0.29) is 12.1 Å². The Balaban J connectivity index is 2.28. The van der Waals surface area contributed by atoms with Gasteiger partial charge in [-0.05, 0) is 39.4 Å². The summed E-state index contributed by atoms with van der Waals surface area (Å²) in [6, 6.07) is 2.19. The first-order valence-corrected chi connectivity index (χ1v) is 9.13. The Morgan fingerprint density at radius 2 is 1.95 bits per heavy atom. The van der Waals surface area contributed by atoms with E-state index in [9.17, 15) is 8.42 Å². The van der Waals surface area contributed by atoms with Crippen LogP contribution in [0.3, 0.4) is 0 Å². The average molecular weight is 317 g/mol. The number of hydrogen-bond acceptors (Lipinski definition) is 5. The van der Waals surface area contributed by atoms with Crippen LogP contribution in [0.5, 0.6) is 0 Å². The van der Waals surface area contributed by atoms with Crippen molar-refractivity contribution in [3.8, 4) is 0 Å². The second kappa shape index (κ2) is 6.11. The van der Waals surface area contributed by atoms with Crippen molar-refractivity contribution in [2.75, 3.05) is 27.2 Å². The maximum Gasteiger partial charge on any atom is 0.244 e. The molecule has 1 aliphatic heterocycles. The number of likely N-dealkylation sites (N-methyl/N-ethyl adjacent to an activating group) is 1. The summed E-state index contributed by atoms with van der Waals surface area (Å²) in [4.78, 5) is 3.57. The third-order valence-corrected chi connectivity index (χ3v) is 6.95. The molecule has 0 aliphatic carbocycles. The third kappa shape index (κ3) is 2.92. The lowest BCUT2D eigenvalue weighted by Gasteiger charge is -2.41. The van der Waals surface area contributed by atoms with Gasteiger partial charge in [-0.15, -0.1) is 11.3 Å². The van der Waals surface area contributed by atoms with E-state index in [0.29, 0.717) is 24.5 Å². The van der Waals surface area contributed by atoms with E-state index >= 15 is 0 Å². The van der Waals surface area contributed by atoms with Crippen LogP contribution in [0.15, 0.2) is 16.3 Å². The Morgan fingerprint density at radius 3 is 2.50 bits per heavy atom. The van der Waals surface area contributed by atoms with Gasteiger partial charge in [-0.3, -0.25) is 4.90 Å². The maximum absolute atomic E-state index is 12.8. The van der Waals surface area contributed by atoms with Crippen LogP contribution in [-0.2, 0) is 16.6 Å². The number of thiophene rings is 1. The van der Waals surface area contributed by atoms with Crippen LogP contribution in [0.4, 0.5) is 0 Å². The predicted molar refractivity (Wildman–Crippen MR) is 82.5 cm³/mol. The van der Waals surface area contributed by atoms with Crippen molar-refractivity contribution < 1.29 is 8.42 Å². The molecule has 2 unspecified atom stereocenters. The van der Waals surface area contributed by atoms with Crippen molar-refractivity contribution in [2.24, 2.45) is 0 Å². The van der Waals surface area contributed by atoms with Gasteiger partial charge in [0.15, 0.2) is 0 Å². The summed E-state index contributed by atoms with van der Waals surface area (Å²) in [5.41, 5.74) is 0. The van der Waals surface area contributed by atoms with Crippen LogP contribution in [-0.4, -0.2) is 56.9 Å². The molecule has 20 heavy (non-hydrogen) atoms. The Bertz CT molecular complexity index is 544. The Labute approximate surface area is 125 Å². The molecule has 2 atom stereocenters. The molecule has 0 bridgehead atoms. The van der Waals surface area contributed by atoms with Gasteiger partial charge in [-0.2, -0.15) is 4.31 Å². The number of rotatable bonds is 4. The lowest BCUT2D eigenvalue weighted by Crippen LogP contribution is -2.56. The Hall–Kier alpha value is -0.470. The summed E-state index contributed by atoms with van der Waals surface area (Å²) in [6.45, 7) is 5.84. The molecule has 0 amide bonds. The third-order valence-electron chi connectivity index (χ3n) is 3.99. The van der Waals surface area contributed by atoms with Crippen LogP contribution in [0, 0.1) is 0 Å². The van der Waals surface area contributed by atoms with Crippen LogP contribution in [0.2, 0.25) is 0 Å². The second-order valence-corrected chi connectivity index (χ2v) is 8.33. The van der Waals surface area contributed by atoms with Crippen molar-refractivity contribution in [1.29, 1.82) is 0 Å². The molecule has 1 aromatic rings. The van der Waals surface area contributed by atoms with Gasteiger partial charge >= 0.3 is 0 Å². The fourth-order valence-electron chi connectivity index (χ4n) is 2.54. The normalized spacial score (nSPS) is 26.0. The van der Waals surface area contributed by atoms with E-state index in [4.69, 9.17) is 0 Å². The highest BCUT2D eigenvalue weighted by Crippen LogP contribution is 2.27. The van der Waals surface area contributed by atoms with Crippen molar-refractivity contribution in [1.82, 2.24) is 14.5 Å². The van der Waals surface area contributed by atoms with Gasteiger partial charge in [0.1, 0.15) is 0 Å². The fraction of sp³-hybridized carbons (Fsp3) is 0.692. The number of piperazine rings is 1. The van der Waals surface area contributed by atoms with Gasteiger partial charge < -0.3 is 5.32 Å². The molecule has 0 radical (unpaired) electrons. The number of hydrogen-bond donors (Lipinski definition) is 1. The van der Waals surface area contributed by atoms with Gasteiger partial charge in [0.25, 0.3) is 0 Å². The molecule has 114 valence electrons. The topological polar surface area (TPSA) is 52.7 Å². The zero-order chi connectivity index (χ0) is 14.9. The summed E-state index contributed by atoms with van der Waals surface area (Å²) >= 11 is 1.49. The molecule has 0 aromatic carbocycles. The molecule has 1 saturated heterocycles. The first-order valence-electron chi connectivity index (χ1n) is 6.81. The first-order chi connectivity index (χ1) is 9.37. The SMILES string of the molecule is CNCc1sccc1S(=O)(=O)N1CC(C)N(C)C(C)C1. The molecule has 2 heterocycles. The summed E-state index contributed by atoms with van der Waals surface area (Å²) < 4.78 is 27.3. The van der Waals surface area contributed by atoms with Crippen molar-refractivity contribution in [2.45, 2.75) is 37.4 Å². The molecule has 5 nitrogen and oxygen atoms in total. The van der Waals surface area contributed by atoms with Gasteiger partial charge in [0, 0.05) is 36.6 Å². The fourth-order valence-corrected chi connectivity index (χ4v) is 5.57. The minimum atomic E-state index is -3.38. The number of nitrogens with zero attached hydrogens (tertiary/aromatic N) is 2. The summed E-state index contributed by atoms with van der Waals surface area (Å²) in [5, 5.41) is 4.88. The quantitative estimate of drug-likeness (QED) is 0.906. The second-order valence-electron chi connectivity index (χ2n) is 5.42. The van der Waals surface area contributed by atoms with E-state index in [1.54, 1.807) is 10.4 Å².